The topological polar surface area (TPSA) is 92.0 Å². The minimum atomic E-state index is 1.00. The highest BCUT2D eigenvalue weighted by atomic mass is 32.1. The molecule has 0 saturated heterocycles. The van der Waals surface area contributed by atoms with E-state index in [1.807, 2.05) is 156 Å². The molecule has 468 valence electrons. The Morgan fingerprint density at radius 3 is 1.29 bits per heavy atom. The van der Waals surface area contributed by atoms with Gasteiger partial charge in [0.25, 0.3) is 0 Å². The van der Waals surface area contributed by atoms with Crippen LogP contribution in [0.25, 0.3) is 72.0 Å². The molecule has 85 heavy (non-hydrogen) atoms. The van der Waals surface area contributed by atoms with E-state index in [1.54, 1.807) is 85.6 Å². The molecule has 0 atom stereocenters. The van der Waals surface area contributed by atoms with Crippen LogP contribution in [0.3, 0.4) is 0 Å². The summed E-state index contributed by atoms with van der Waals surface area (Å²) in [6.07, 6.45) is 1.71. The van der Waals surface area contributed by atoms with Crippen molar-refractivity contribution in [2.24, 2.45) is 0 Å². The Labute approximate surface area is 537 Å². The van der Waals surface area contributed by atoms with Gasteiger partial charge in [0.05, 0.1) is 6.26 Å². The van der Waals surface area contributed by atoms with Gasteiger partial charge in [0.1, 0.15) is 34.6 Å². The Kier molecular flexibility index (Phi) is 36.7. The highest BCUT2D eigenvalue weighted by molar-refractivity contribution is 7.19. The van der Waals surface area contributed by atoms with Gasteiger partial charge in [-0.15, -0.1) is 79.4 Å². The van der Waals surface area contributed by atoms with Gasteiger partial charge < -0.3 is 30.9 Å². The van der Waals surface area contributed by atoms with Gasteiger partial charge in [0.15, 0.2) is 34.3 Å². The molecule has 0 amide bonds. The van der Waals surface area contributed by atoms with Crippen LogP contribution in [-0.2, 0) is 0 Å². The number of aryl methyl sites for hydroxylation is 15. The van der Waals surface area contributed by atoms with E-state index in [1.165, 1.54) is 85.7 Å². The van der Waals surface area contributed by atoms with Crippen molar-refractivity contribution < 1.29 is 30.9 Å². The van der Waals surface area contributed by atoms with Gasteiger partial charge in [0, 0.05) is 52.3 Å². The fourth-order valence-electron chi connectivity index (χ4n) is 7.71. The summed E-state index contributed by atoms with van der Waals surface area (Å²) in [6, 6.07) is 16.7. The Morgan fingerprint density at radius 2 is 0.741 bits per heavy atom. The summed E-state index contributed by atoms with van der Waals surface area (Å²) in [4.78, 5) is 11.4. The average Bonchev–Trinajstić information content (AvgIpc) is 4.21. The van der Waals surface area contributed by atoms with Crippen molar-refractivity contribution in [1.29, 1.82) is 0 Å². The lowest BCUT2D eigenvalue weighted by Crippen LogP contribution is -1.71. The Balaban J connectivity index is 0.000000479. The minimum absolute atomic E-state index is 1.00. The Bertz CT molecular complexity index is 3790. The summed E-state index contributed by atoms with van der Waals surface area (Å²) >= 11 is 11.8. The largest absolute Gasteiger partial charge is 0.454 e. The maximum atomic E-state index is 5.54. The number of thiophene rings is 7. The van der Waals surface area contributed by atoms with E-state index in [9.17, 15) is 0 Å². The number of rotatable bonds is 0. The molecule has 14 rings (SSSR count). The zero-order chi connectivity index (χ0) is 64.8. The van der Waals surface area contributed by atoms with Crippen molar-refractivity contribution in [2.75, 3.05) is 0 Å². The van der Waals surface area contributed by atoms with Gasteiger partial charge in [-0.2, -0.15) is 0 Å². The van der Waals surface area contributed by atoms with E-state index < -0.39 is 0 Å². The molecule has 14 aromatic heterocycles. The van der Waals surface area contributed by atoms with Crippen LogP contribution in [0.5, 0.6) is 0 Å². The molecule has 0 aliphatic rings. The molecule has 14 heterocycles. The maximum absolute atomic E-state index is 5.54. The second-order valence-electron chi connectivity index (χ2n) is 17.5. The molecule has 0 bridgehead atoms. The van der Waals surface area contributed by atoms with E-state index in [0.29, 0.717) is 0 Å². The smallest absolute Gasteiger partial charge is 0.188 e. The molecular weight excluding hydrogens is 1190 g/mol. The first kappa shape index (κ1) is 77.7. The predicted octanol–water partition coefficient (Wildman–Crippen LogP) is 29.3. The third-order valence-electron chi connectivity index (χ3n) is 12.0. The van der Waals surface area contributed by atoms with Crippen LogP contribution in [0, 0.1) is 104 Å². The number of hydrogen-bond acceptors (Lipinski definition) is 14. The molecule has 0 saturated carbocycles. The van der Waals surface area contributed by atoms with E-state index >= 15 is 0 Å². The molecule has 0 fully saturated rings. The van der Waals surface area contributed by atoms with Crippen LogP contribution in [0.15, 0.2) is 107 Å². The van der Waals surface area contributed by atoms with Crippen LogP contribution in [-0.4, -0.2) is 0 Å². The lowest BCUT2D eigenvalue weighted by atomic mass is 10.1. The van der Waals surface area contributed by atoms with Gasteiger partial charge in [-0.05, 0) is 207 Å². The summed E-state index contributed by atoms with van der Waals surface area (Å²) in [5, 5.41) is 17.2. The van der Waals surface area contributed by atoms with Crippen LogP contribution in [0.1, 0.15) is 180 Å². The molecule has 0 unspecified atom stereocenters. The second kappa shape index (κ2) is 40.2. The Hall–Kier alpha value is -5.32. The van der Waals surface area contributed by atoms with E-state index in [-0.39, 0.29) is 0 Å². The van der Waals surface area contributed by atoms with E-state index in [4.69, 9.17) is 30.9 Å². The van der Waals surface area contributed by atoms with Crippen molar-refractivity contribution in [2.45, 2.75) is 201 Å². The molecule has 0 spiro atoms. The van der Waals surface area contributed by atoms with Crippen molar-refractivity contribution >= 4 is 151 Å². The van der Waals surface area contributed by atoms with Crippen molar-refractivity contribution in [3.63, 3.8) is 0 Å². The van der Waals surface area contributed by atoms with E-state index in [0.717, 1.165) is 68.8 Å². The molecule has 7 nitrogen and oxygen atoms in total. The van der Waals surface area contributed by atoms with Crippen molar-refractivity contribution in [1.82, 2.24) is 0 Å². The zero-order valence-corrected chi connectivity index (χ0v) is 62.4. The normalized spacial score (nSPS) is 9.71. The summed E-state index contributed by atoms with van der Waals surface area (Å²) in [5.41, 5.74) is 7.86. The van der Waals surface area contributed by atoms with Crippen molar-refractivity contribution in [3.05, 3.63) is 159 Å². The average molecular weight is 1290 g/mol. The summed E-state index contributed by atoms with van der Waals surface area (Å²) < 4.78 is 37.9. The van der Waals surface area contributed by atoms with Gasteiger partial charge in [0.2, 0.25) is 0 Å². The summed E-state index contributed by atoms with van der Waals surface area (Å²) in [7, 11) is 0. The number of fused-ring (bicyclic) bond motifs is 7. The monoisotopic (exact) mass is 1290 g/mol. The van der Waals surface area contributed by atoms with Gasteiger partial charge in [-0.1, -0.05) is 96.9 Å². The summed E-state index contributed by atoms with van der Waals surface area (Å²) in [5.74, 6) is 6.16. The SMILES string of the molecule is CC.CC.CC.CC.CC.CC.CC.Cc1cc2c(C)c(C)oc2s1.Cc1cc2c(C)c(C)sc2o1.Cc1cc2c(C)csc2o1.Cc1cc2cc(C)sc2o1.Cc1oc2scc(C)c2c1C.Cc1oc2sccc2c1C.c1cc2ccsc2o1. The molecular formula is C71H100O7S7. The van der Waals surface area contributed by atoms with Crippen LogP contribution >= 0.6 is 79.4 Å². The lowest BCUT2D eigenvalue weighted by Gasteiger charge is -1.86. The van der Waals surface area contributed by atoms with E-state index in [2.05, 4.69) is 115 Å². The first-order chi connectivity index (χ1) is 40.8. The van der Waals surface area contributed by atoms with Gasteiger partial charge in [-0.25, -0.2) is 0 Å². The van der Waals surface area contributed by atoms with Crippen LogP contribution in [0.2, 0.25) is 0 Å². The van der Waals surface area contributed by atoms with Gasteiger partial charge >= 0.3 is 0 Å². The lowest BCUT2D eigenvalue weighted by molar-refractivity contribution is 0.581. The molecule has 0 radical (unpaired) electrons. The standard InChI is InChI=1S/3C9H10OS.3C8H8OS.C6H4OS.7C2H6/c1-5-4-11-9-8(5)6(2)7(3)10-9;1-5-4-8-6(2)7(3)10-9(8)11-5;1-5-4-8-6(2)7(3)11-9(8)10-5;1-5-4-10-8-7(5)3-6(2)9-8;1-5-3-7-4-6(2)10-8(7)9-5;1-5-6(2)9-8-7(5)3-4-10-8;1-3-7-6-5(1)2-4-8-6;7*1-2/h3*4H,1-3H3;3*3-4H,1-2H3;1-4H;7*1-2H3. The molecule has 0 aromatic carbocycles. The maximum Gasteiger partial charge on any atom is 0.188 e. The molecule has 0 N–H and O–H groups in total. The van der Waals surface area contributed by atoms with Crippen LogP contribution < -0.4 is 0 Å². The first-order valence-corrected chi connectivity index (χ1v) is 35.9. The summed E-state index contributed by atoms with van der Waals surface area (Å²) in [6.45, 7) is 59.0. The zero-order valence-electron chi connectivity index (χ0n) is 56.7. The van der Waals surface area contributed by atoms with Gasteiger partial charge in [-0.3, -0.25) is 0 Å². The number of furan rings is 7. The highest BCUT2D eigenvalue weighted by Crippen LogP contribution is 2.35. The fraction of sp³-hybridized carbons (Fsp3) is 0.408. The quantitative estimate of drug-likeness (QED) is 0.149. The van der Waals surface area contributed by atoms with Crippen molar-refractivity contribution in [3.8, 4) is 0 Å². The second-order valence-corrected chi connectivity index (χ2v) is 24.5. The molecule has 14 aromatic rings. The first-order valence-electron chi connectivity index (χ1n) is 30.0. The third kappa shape index (κ3) is 21.5. The number of hydrogen-bond donors (Lipinski definition) is 0. The van der Waals surface area contributed by atoms with Crippen LogP contribution in [0.4, 0.5) is 0 Å². The Morgan fingerprint density at radius 1 is 0.306 bits per heavy atom. The molecule has 0 aliphatic carbocycles. The highest BCUT2D eigenvalue weighted by Gasteiger charge is 2.12. The minimum Gasteiger partial charge on any atom is -0.454 e. The predicted molar refractivity (Wildman–Crippen MR) is 389 cm³/mol. The molecule has 14 heteroatoms. The molecule has 0 aliphatic heterocycles. The fourth-order valence-corrected chi connectivity index (χ4v) is 14.1. The third-order valence-corrected chi connectivity index (χ3v) is 18.6.